The molecular weight excluding hydrogens is 303 g/mol. The Morgan fingerprint density at radius 3 is 2.60 bits per heavy atom. The number of rotatable bonds is 3. The third kappa shape index (κ3) is 2.97. The average molecular weight is 315 g/mol. The quantitative estimate of drug-likeness (QED) is 0.846. The number of nitrogen functional groups attached to an aromatic ring is 1. The molecular formula is C12H12Cl2N4O2. The number of nitrogens with two attached hydrogens (primary N) is 1. The van der Waals surface area contributed by atoms with Crippen molar-refractivity contribution >= 4 is 40.5 Å². The Morgan fingerprint density at radius 1 is 1.35 bits per heavy atom. The van der Waals surface area contributed by atoms with Gasteiger partial charge in [0.2, 0.25) is 5.91 Å². The number of hydrogen-bond donors (Lipinski definition) is 2. The lowest BCUT2D eigenvalue weighted by Crippen LogP contribution is -2.28. The molecule has 0 saturated heterocycles. The maximum atomic E-state index is 11.9. The van der Waals surface area contributed by atoms with Gasteiger partial charge in [-0.1, -0.05) is 23.2 Å². The highest BCUT2D eigenvalue weighted by atomic mass is 35.5. The van der Waals surface area contributed by atoms with E-state index in [-0.39, 0.29) is 28.6 Å². The molecule has 0 bridgehead atoms. The number of anilines is 2. The van der Waals surface area contributed by atoms with Crippen molar-refractivity contribution in [3.05, 3.63) is 45.1 Å². The number of benzene rings is 1. The fraction of sp³-hybridized carbons (Fsp3) is 0.167. The molecule has 0 spiro atoms. The molecule has 0 aliphatic rings. The highest BCUT2D eigenvalue weighted by Gasteiger charge is 2.12. The number of imidazole rings is 1. The molecule has 3 N–H and O–H groups in total. The molecule has 0 fully saturated rings. The van der Waals surface area contributed by atoms with Crippen molar-refractivity contribution in [2.75, 3.05) is 11.1 Å². The minimum atomic E-state index is -0.408. The number of nitrogens with zero attached hydrogens (tertiary/aromatic N) is 2. The number of hydrogen-bond acceptors (Lipinski definition) is 3. The molecule has 2 aromatic rings. The number of amides is 1. The van der Waals surface area contributed by atoms with Crippen molar-refractivity contribution in [2.24, 2.45) is 7.05 Å². The zero-order valence-corrected chi connectivity index (χ0v) is 12.1. The molecule has 0 radical (unpaired) electrons. The van der Waals surface area contributed by atoms with Crippen LogP contribution in [0.25, 0.3) is 0 Å². The Hall–Kier alpha value is -1.92. The van der Waals surface area contributed by atoms with E-state index >= 15 is 0 Å². The summed E-state index contributed by atoms with van der Waals surface area (Å²) in [6.45, 7) is -0.127. The molecule has 0 aliphatic carbocycles. The Bertz CT molecular complexity index is 697. The summed E-state index contributed by atoms with van der Waals surface area (Å²) in [5.41, 5.74) is 6.00. The van der Waals surface area contributed by atoms with Gasteiger partial charge in [-0.3, -0.25) is 9.36 Å². The SMILES string of the molecule is Cn1ccn(CC(=O)Nc2c(N)cc(Cl)cc2Cl)c1=O. The molecule has 20 heavy (non-hydrogen) atoms. The molecule has 0 unspecified atom stereocenters. The zero-order chi connectivity index (χ0) is 14.9. The van der Waals surface area contributed by atoms with E-state index < -0.39 is 5.91 Å². The average Bonchev–Trinajstić information content (AvgIpc) is 2.66. The van der Waals surface area contributed by atoms with Crippen molar-refractivity contribution in [2.45, 2.75) is 6.54 Å². The Kier molecular flexibility index (Phi) is 4.06. The molecule has 1 heterocycles. The van der Waals surface area contributed by atoms with E-state index in [1.54, 1.807) is 13.2 Å². The number of nitrogens with one attached hydrogen (secondary N) is 1. The first-order chi connectivity index (χ1) is 9.38. The molecule has 0 aliphatic heterocycles. The minimum absolute atomic E-state index is 0.127. The molecule has 1 aromatic carbocycles. The van der Waals surface area contributed by atoms with E-state index in [1.165, 1.54) is 27.5 Å². The lowest BCUT2D eigenvalue weighted by Gasteiger charge is -2.10. The lowest BCUT2D eigenvalue weighted by atomic mass is 10.2. The van der Waals surface area contributed by atoms with Gasteiger partial charge in [-0.25, -0.2) is 4.79 Å². The molecule has 2 rings (SSSR count). The van der Waals surface area contributed by atoms with Gasteiger partial charge < -0.3 is 15.6 Å². The van der Waals surface area contributed by atoms with Crippen LogP contribution in [0.2, 0.25) is 10.0 Å². The van der Waals surface area contributed by atoms with Crippen LogP contribution >= 0.6 is 23.2 Å². The fourth-order valence-electron chi connectivity index (χ4n) is 1.69. The summed E-state index contributed by atoms with van der Waals surface area (Å²) in [6, 6.07) is 2.96. The van der Waals surface area contributed by atoms with Gasteiger partial charge in [-0.2, -0.15) is 0 Å². The fourth-order valence-corrected chi connectivity index (χ4v) is 2.25. The smallest absolute Gasteiger partial charge is 0.328 e. The summed E-state index contributed by atoms with van der Waals surface area (Å²) < 4.78 is 2.65. The van der Waals surface area contributed by atoms with Gasteiger partial charge in [0.05, 0.1) is 16.4 Å². The van der Waals surface area contributed by atoms with Crippen molar-refractivity contribution in [3.8, 4) is 0 Å². The Balaban J connectivity index is 2.17. The van der Waals surface area contributed by atoms with E-state index in [0.717, 1.165) is 0 Å². The highest BCUT2D eigenvalue weighted by Crippen LogP contribution is 2.31. The van der Waals surface area contributed by atoms with Gasteiger partial charge in [0, 0.05) is 24.5 Å². The number of halogens is 2. The topological polar surface area (TPSA) is 82.1 Å². The highest BCUT2D eigenvalue weighted by molar-refractivity contribution is 6.37. The third-order valence-corrected chi connectivity index (χ3v) is 3.20. The molecule has 1 aromatic heterocycles. The van der Waals surface area contributed by atoms with E-state index in [1.807, 2.05) is 0 Å². The third-order valence-electron chi connectivity index (χ3n) is 2.68. The van der Waals surface area contributed by atoms with E-state index in [2.05, 4.69) is 5.32 Å². The van der Waals surface area contributed by atoms with Crippen LogP contribution in [0.1, 0.15) is 0 Å². The van der Waals surface area contributed by atoms with Crippen molar-refractivity contribution in [3.63, 3.8) is 0 Å². The Labute approximate surface area is 124 Å². The summed E-state index contributed by atoms with van der Waals surface area (Å²) in [5.74, 6) is -0.408. The zero-order valence-electron chi connectivity index (χ0n) is 10.6. The number of carbonyl (C=O) groups is 1. The van der Waals surface area contributed by atoms with Crippen molar-refractivity contribution < 1.29 is 4.79 Å². The van der Waals surface area contributed by atoms with Crippen molar-refractivity contribution in [1.82, 2.24) is 9.13 Å². The van der Waals surface area contributed by atoms with Crippen LogP contribution in [-0.4, -0.2) is 15.0 Å². The van der Waals surface area contributed by atoms with Crippen LogP contribution < -0.4 is 16.7 Å². The molecule has 106 valence electrons. The monoisotopic (exact) mass is 314 g/mol. The number of aryl methyl sites for hydroxylation is 1. The molecule has 6 nitrogen and oxygen atoms in total. The van der Waals surface area contributed by atoms with E-state index in [9.17, 15) is 9.59 Å². The van der Waals surface area contributed by atoms with Crippen LogP contribution in [0.4, 0.5) is 11.4 Å². The lowest BCUT2D eigenvalue weighted by molar-refractivity contribution is -0.116. The van der Waals surface area contributed by atoms with Crippen LogP contribution in [0.5, 0.6) is 0 Å². The van der Waals surface area contributed by atoms with Crippen LogP contribution in [0, 0.1) is 0 Å². The molecule has 8 heteroatoms. The second-order valence-electron chi connectivity index (χ2n) is 4.22. The maximum Gasteiger partial charge on any atom is 0.328 e. The first-order valence-corrected chi connectivity index (χ1v) is 6.40. The van der Waals surface area contributed by atoms with Gasteiger partial charge in [-0.15, -0.1) is 0 Å². The summed E-state index contributed by atoms with van der Waals surface area (Å²) >= 11 is 11.8. The van der Waals surface area contributed by atoms with Crippen LogP contribution in [0.3, 0.4) is 0 Å². The standard InChI is InChI=1S/C12H12Cl2N4O2/c1-17-2-3-18(12(17)20)6-10(19)16-11-8(14)4-7(13)5-9(11)15/h2-5H,6,15H2,1H3,(H,16,19). The number of aromatic nitrogens is 2. The van der Waals surface area contributed by atoms with Gasteiger partial charge in [0.25, 0.3) is 0 Å². The second kappa shape index (κ2) is 5.60. The molecule has 1 amide bonds. The van der Waals surface area contributed by atoms with Crippen LogP contribution in [0.15, 0.2) is 29.3 Å². The van der Waals surface area contributed by atoms with Gasteiger partial charge in [0.1, 0.15) is 6.54 Å². The normalized spacial score (nSPS) is 10.6. The minimum Gasteiger partial charge on any atom is -0.397 e. The van der Waals surface area contributed by atoms with Gasteiger partial charge in [-0.05, 0) is 12.1 Å². The largest absolute Gasteiger partial charge is 0.397 e. The Morgan fingerprint density at radius 2 is 2.05 bits per heavy atom. The maximum absolute atomic E-state index is 11.9. The van der Waals surface area contributed by atoms with E-state index in [4.69, 9.17) is 28.9 Å². The summed E-state index contributed by atoms with van der Waals surface area (Å²) in [4.78, 5) is 23.5. The second-order valence-corrected chi connectivity index (χ2v) is 5.06. The van der Waals surface area contributed by atoms with Crippen molar-refractivity contribution in [1.29, 1.82) is 0 Å². The van der Waals surface area contributed by atoms with Gasteiger partial charge >= 0.3 is 5.69 Å². The molecule has 0 atom stereocenters. The predicted octanol–water partition coefficient (Wildman–Crippen LogP) is 1.71. The van der Waals surface area contributed by atoms with E-state index in [0.29, 0.717) is 5.02 Å². The van der Waals surface area contributed by atoms with Crippen LogP contribution in [-0.2, 0) is 18.4 Å². The predicted molar refractivity (Wildman–Crippen MR) is 79.2 cm³/mol. The summed E-state index contributed by atoms with van der Waals surface area (Å²) in [5, 5.41) is 3.19. The summed E-state index contributed by atoms with van der Waals surface area (Å²) in [7, 11) is 1.60. The molecule has 0 saturated carbocycles. The first-order valence-electron chi connectivity index (χ1n) is 5.64. The van der Waals surface area contributed by atoms with Gasteiger partial charge in [0.15, 0.2) is 0 Å². The number of carbonyl (C=O) groups excluding carboxylic acids is 1. The first kappa shape index (κ1) is 14.5. The summed E-state index contributed by atoms with van der Waals surface area (Å²) in [6.07, 6.45) is 3.09.